The van der Waals surface area contributed by atoms with Crippen LogP contribution in [0.3, 0.4) is 0 Å². The molecule has 0 aliphatic carbocycles. The zero-order valence-corrected chi connectivity index (χ0v) is 8.36. The average molecular weight is 197 g/mol. The summed E-state index contributed by atoms with van der Waals surface area (Å²) < 4.78 is 12.8. The third kappa shape index (κ3) is 3.85. The summed E-state index contributed by atoms with van der Waals surface area (Å²) in [5, 5.41) is 8.55. The second-order valence-electron chi connectivity index (χ2n) is 3.46. The third-order valence-corrected chi connectivity index (χ3v) is 2.00. The summed E-state index contributed by atoms with van der Waals surface area (Å²) in [6.45, 7) is 0.575. The molecule has 0 aliphatic heterocycles. The molecule has 0 heterocycles. The summed E-state index contributed by atoms with van der Waals surface area (Å²) >= 11 is 0. The fraction of sp³-hybridized carbons (Fsp3) is 0.455. The zero-order chi connectivity index (χ0) is 10.4. The van der Waals surface area contributed by atoms with E-state index in [0.29, 0.717) is 6.54 Å². The van der Waals surface area contributed by atoms with Crippen LogP contribution < -0.4 is 0 Å². The molecule has 0 saturated carbocycles. The number of aliphatic hydroxyl groups excluding tert-OH is 1. The molecule has 0 aromatic heterocycles. The molecule has 3 heteroatoms. The van der Waals surface area contributed by atoms with Crippen LogP contribution in [0.5, 0.6) is 0 Å². The van der Waals surface area contributed by atoms with Crippen LogP contribution in [-0.2, 0) is 6.54 Å². The maximum atomic E-state index is 12.8. The molecule has 2 nitrogen and oxygen atoms in total. The number of rotatable bonds is 5. The zero-order valence-electron chi connectivity index (χ0n) is 8.36. The lowest BCUT2D eigenvalue weighted by Gasteiger charge is -2.17. The Kier molecular flexibility index (Phi) is 4.56. The number of nitrogens with zero attached hydrogens (tertiary/aromatic N) is 1. The topological polar surface area (TPSA) is 23.5 Å². The van der Waals surface area contributed by atoms with E-state index < -0.39 is 12.8 Å². The van der Waals surface area contributed by atoms with Gasteiger partial charge in [0.25, 0.3) is 0 Å². The van der Waals surface area contributed by atoms with Gasteiger partial charge >= 0.3 is 0 Å². The van der Waals surface area contributed by atoms with Crippen LogP contribution in [0, 0.1) is 0 Å². The molecule has 0 amide bonds. The normalized spacial score (nSPS) is 13.1. The average Bonchev–Trinajstić information content (AvgIpc) is 2.19. The summed E-state index contributed by atoms with van der Waals surface area (Å²) in [5.74, 6) is 0. The van der Waals surface area contributed by atoms with E-state index in [-0.39, 0.29) is 6.54 Å². The van der Waals surface area contributed by atoms with E-state index in [1.807, 2.05) is 42.3 Å². The lowest BCUT2D eigenvalue weighted by atomic mass is 10.2. The molecule has 0 unspecified atom stereocenters. The molecule has 0 fully saturated rings. The number of aliphatic hydroxyl groups is 1. The molecular formula is C11H16FNO. The molecule has 1 rings (SSSR count). The molecule has 14 heavy (non-hydrogen) atoms. The molecule has 0 saturated heterocycles. The first kappa shape index (κ1) is 11.1. The second-order valence-corrected chi connectivity index (χ2v) is 3.46. The number of hydrogen-bond acceptors (Lipinski definition) is 2. The Morgan fingerprint density at radius 2 is 2.00 bits per heavy atom. The van der Waals surface area contributed by atoms with E-state index in [0.717, 1.165) is 5.56 Å². The van der Waals surface area contributed by atoms with Gasteiger partial charge in [0, 0.05) is 13.1 Å². The first-order chi connectivity index (χ1) is 6.72. The first-order valence-electron chi connectivity index (χ1n) is 4.69. The van der Waals surface area contributed by atoms with Gasteiger partial charge in [0.1, 0.15) is 6.17 Å². The van der Waals surface area contributed by atoms with Gasteiger partial charge in [-0.2, -0.15) is 0 Å². The molecule has 1 aromatic rings. The van der Waals surface area contributed by atoms with Crippen LogP contribution in [0.15, 0.2) is 30.3 Å². The second kappa shape index (κ2) is 5.73. The van der Waals surface area contributed by atoms with E-state index in [2.05, 4.69) is 0 Å². The van der Waals surface area contributed by atoms with Gasteiger partial charge in [-0.15, -0.1) is 0 Å². The fourth-order valence-corrected chi connectivity index (χ4v) is 1.36. The van der Waals surface area contributed by atoms with E-state index in [4.69, 9.17) is 5.11 Å². The quantitative estimate of drug-likeness (QED) is 0.772. The smallest absolute Gasteiger partial charge is 0.136 e. The molecule has 1 aromatic carbocycles. The van der Waals surface area contributed by atoms with Crippen molar-refractivity contribution in [3.8, 4) is 0 Å². The van der Waals surface area contributed by atoms with Gasteiger partial charge in [-0.25, -0.2) is 4.39 Å². The molecule has 0 aliphatic rings. The van der Waals surface area contributed by atoms with Gasteiger partial charge in [-0.1, -0.05) is 30.3 Å². The van der Waals surface area contributed by atoms with Crippen LogP contribution in [0.1, 0.15) is 5.56 Å². The lowest BCUT2D eigenvalue weighted by molar-refractivity contribution is 0.136. The Bertz CT molecular complexity index is 253. The summed E-state index contributed by atoms with van der Waals surface area (Å²) in [4.78, 5) is 1.86. The summed E-state index contributed by atoms with van der Waals surface area (Å²) in [7, 11) is 1.84. The standard InChI is InChI=1S/C11H16FNO/c1-13(8-11(12)9-14)7-10-5-3-2-4-6-10/h2-6,11,14H,7-9H2,1H3/t11-/m0/s1. The highest BCUT2D eigenvalue weighted by molar-refractivity contribution is 5.14. The predicted molar refractivity (Wildman–Crippen MR) is 54.8 cm³/mol. The molecule has 1 N–H and O–H groups in total. The Morgan fingerprint density at radius 3 is 2.57 bits per heavy atom. The molecule has 0 radical (unpaired) electrons. The highest BCUT2D eigenvalue weighted by Crippen LogP contribution is 2.03. The van der Waals surface area contributed by atoms with Crippen molar-refractivity contribution in [2.24, 2.45) is 0 Å². The van der Waals surface area contributed by atoms with Crippen molar-refractivity contribution >= 4 is 0 Å². The Hall–Kier alpha value is -0.930. The Labute approximate surface area is 84.0 Å². The molecular weight excluding hydrogens is 181 g/mol. The SMILES string of the molecule is CN(Cc1ccccc1)C[C@H](F)CO. The summed E-state index contributed by atoms with van der Waals surface area (Å²) in [5.41, 5.74) is 1.15. The third-order valence-electron chi connectivity index (χ3n) is 2.00. The van der Waals surface area contributed by atoms with Crippen molar-refractivity contribution in [1.29, 1.82) is 0 Å². The van der Waals surface area contributed by atoms with E-state index >= 15 is 0 Å². The predicted octanol–water partition coefficient (Wildman–Crippen LogP) is 1.45. The van der Waals surface area contributed by atoms with Gasteiger partial charge in [0.2, 0.25) is 0 Å². The number of alkyl halides is 1. The van der Waals surface area contributed by atoms with Crippen molar-refractivity contribution in [3.63, 3.8) is 0 Å². The number of benzene rings is 1. The van der Waals surface area contributed by atoms with Gasteiger partial charge in [-0.05, 0) is 12.6 Å². The first-order valence-corrected chi connectivity index (χ1v) is 4.69. The lowest BCUT2D eigenvalue weighted by Crippen LogP contribution is -2.28. The van der Waals surface area contributed by atoms with Gasteiger partial charge in [-0.3, -0.25) is 4.90 Å². The van der Waals surface area contributed by atoms with Crippen LogP contribution in [0.2, 0.25) is 0 Å². The van der Waals surface area contributed by atoms with Crippen molar-refractivity contribution in [1.82, 2.24) is 4.90 Å². The highest BCUT2D eigenvalue weighted by Gasteiger charge is 2.08. The largest absolute Gasteiger partial charge is 0.393 e. The van der Waals surface area contributed by atoms with Crippen LogP contribution in [0.4, 0.5) is 4.39 Å². The van der Waals surface area contributed by atoms with E-state index in [9.17, 15) is 4.39 Å². The summed E-state index contributed by atoms with van der Waals surface area (Å²) in [6.07, 6.45) is -1.15. The minimum atomic E-state index is -1.15. The Balaban J connectivity index is 2.37. The maximum Gasteiger partial charge on any atom is 0.136 e. The van der Waals surface area contributed by atoms with Crippen molar-refractivity contribution in [3.05, 3.63) is 35.9 Å². The van der Waals surface area contributed by atoms with Gasteiger partial charge in [0.05, 0.1) is 6.61 Å². The Morgan fingerprint density at radius 1 is 1.36 bits per heavy atom. The van der Waals surface area contributed by atoms with Crippen molar-refractivity contribution in [2.45, 2.75) is 12.7 Å². The van der Waals surface area contributed by atoms with Gasteiger partial charge < -0.3 is 5.11 Å². The number of hydrogen-bond donors (Lipinski definition) is 1. The van der Waals surface area contributed by atoms with E-state index in [1.54, 1.807) is 0 Å². The van der Waals surface area contributed by atoms with Gasteiger partial charge in [0.15, 0.2) is 0 Å². The van der Waals surface area contributed by atoms with E-state index in [1.165, 1.54) is 0 Å². The monoisotopic (exact) mass is 197 g/mol. The summed E-state index contributed by atoms with van der Waals surface area (Å²) in [6, 6.07) is 9.88. The van der Waals surface area contributed by atoms with Crippen LogP contribution >= 0.6 is 0 Å². The van der Waals surface area contributed by atoms with Crippen molar-refractivity contribution in [2.75, 3.05) is 20.2 Å². The highest BCUT2D eigenvalue weighted by atomic mass is 19.1. The number of halogens is 1. The van der Waals surface area contributed by atoms with Crippen LogP contribution in [-0.4, -0.2) is 36.4 Å². The molecule has 78 valence electrons. The molecule has 1 atom stereocenters. The molecule has 0 bridgehead atoms. The van der Waals surface area contributed by atoms with Crippen molar-refractivity contribution < 1.29 is 9.50 Å². The fourth-order valence-electron chi connectivity index (χ4n) is 1.36. The minimum absolute atomic E-state index is 0.269. The minimum Gasteiger partial charge on any atom is -0.393 e. The van der Waals surface area contributed by atoms with Crippen LogP contribution in [0.25, 0.3) is 0 Å². The maximum absolute atomic E-state index is 12.8. The molecule has 0 spiro atoms.